The Bertz CT molecular complexity index is 444. The summed E-state index contributed by atoms with van der Waals surface area (Å²) in [7, 11) is 3.42. The minimum atomic E-state index is -0.379. The van der Waals surface area contributed by atoms with Crippen LogP contribution in [0.1, 0.15) is 30.6 Å². The molecular weight excluding hydrogens is 242 g/mol. The van der Waals surface area contributed by atoms with Gasteiger partial charge in [-0.1, -0.05) is 0 Å². The number of carbonyl (C=O) groups excluding carboxylic acids is 1. The van der Waals surface area contributed by atoms with Crippen LogP contribution in [0.2, 0.25) is 0 Å². The number of benzene rings is 1. The summed E-state index contributed by atoms with van der Waals surface area (Å²) in [5.41, 5.74) is 7.80. The maximum atomic E-state index is 11.9. The Hall–Kier alpha value is -1.75. The maximum absolute atomic E-state index is 11.9. The Morgan fingerprint density at radius 3 is 2.58 bits per heavy atom. The summed E-state index contributed by atoms with van der Waals surface area (Å²) in [5.74, 6) is -0.0637. The van der Waals surface area contributed by atoms with E-state index in [2.05, 4.69) is 5.32 Å². The first-order valence-electron chi connectivity index (χ1n) is 6.37. The van der Waals surface area contributed by atoms with E-state index in [-0.39, 0.29) is 18.1 Å². The summed E-state index contributed by atoms with van der Waals surface area (Å²) < 4.78 is 0. The monoisotopic (exact) mass is 265 g/mol. The summed E-state index contributed by atoms with van der Waals surface area (Å²) in [5, 5.41) is 12.6. The van der Waals surface area contributed by atoms with Gasteiger partial charge in [0.25, 0.3) is 5.91 Å². The van der Waals surface area contributed by atoms with Gasteiger partial charge in [-0.3, -0.25) is 4.79 Å². The number of nitrogens with zero attached hydrogens (tertiary/aromatic N) is 1. The number of aliphatic hydroxyl groups excluding tert-OH is 1. The fourth-order valence-electron chi connectivity index (χ4n) is 1.91. The molecule has 4 N–H and O–H groups in total. The van der Waals surface area contributed by atoms with Crippen molar-refractivity contribution < 1.29 is 9.90 Å². The second-order valence-corrected chi connectivity index (χ2v) is 5.13. The van der Waals surface area contributed by atoms with Gasteiger partial charge in [0.2, 0.25) is 0 Å². The lowest BCUT2D eigenvalue weighted by Crippen LogP contribution is -2.23. The van der Waals surface area contributed by atoms with Crippen molar-refractivity contribution in [2.75, 3.05) is 25.1 Å². The summed E-state index contributed by atoms with van der Waals surface area (Å²) in [6.45, 7) is 3.71. The largest absolute Gasteiger partial charge is 0.397 e. The van der Waals surface area contributed by atoms with Crippen molar-refractivity contribution >= 4 is 17.3 Å². The highest BCUT2D eigenvalue weighted by Crippen LogP contribution is 2.22. The highest BCUT2D eigenvalue weighted by atomic mass is 16.3. The molecule has 0 saturated carbocycles. The zero-order valence-electron chi connectivity index (χ0n) is 12.0. The van der Waals surface area contributed by atoms with Gasteiger partial charge in [0.1, 0.15) is 0 Å². The zero-order chi connectivity index (χ0) is 14.6. The highest BCUT2D eigenvalue weighted by Gasteiger charge is 2.12. The number of nitrogens with one attached hydrogen (secondary N) is 1. The molecule has 0 bridgehead atoms. The van der Waals surface area contributed by atoms with Gasteiger partial charge in [-0.15, -0.1) is 0 Å². The average molecular weight is 265 g/mol. The van der Waals surface area contributed by atoms with Crippen molar-refractivity contribution in [3.63, 3.8) is 0 Å². The molecule has 0 heterocycles. The van der Waals surface area contributed by atoms with Crippen LogP contribution in [0.25, 0.3) is 0 Å². The molecule has 0 aliphatic rings. The standard InChI is InChI=1S/C14H23N3O2/c1-9(7-10(2)18)16-13-8-11(5-6-12(13)15)14(19)17(3)4/h5-6,8-10,16,18H,7,15H2,1-4H3. The van der Waals surface area contributed by atoms with Crippen LogP contribution in [0.4, 0.5) is 11.4 Å². The summed E-state index contributed by atoms with van der Waals surface area (Å²) in [4.78, 5) is 13.4. The molecule has 0 spiro atoms. The van der Waals surface area contributed by atoms with Gasteiger partial charge in [-0.05, 0) is 38.5 Å². The Labute approximate surface area is 114 Å². The molecule has 5 heteroatoms. The molecule has 1 amide bonds. The molecule has 19 heavy (non-hydrogen) atoms. The zero-order valence-corrected chi connectivity index (χ0v) is 12.0. The molecule has 1 aromatic carbocycles. The molecule has 1 aromatic rings. The van der Waals surface area contributed by atoms with Gasteiger partial charge >= 0.3 is 0 Å². The average Bonchev–Trinajstić information content (AvgIpc) is 2.29. The van der Waals surface area contributed by atoms with Gasteiger partial charge in [0.15, 0.2) is 0 Å². The molecule has 0 aromatic heterocycles. The van der Waals surface area contributed by atoms with E-state index in [1.807, 2.05) is 6.92 Å². The molecule has 0 aliphatic carbocycles. The van der Waals surface area contributed by atoms with Gasteiger partial charge < -0.3 is 21.1 Å². The van der Waals surface area contributed by atoms with Crippen LogP contribution in [0.5, 0.6) is 0 Å². The number of nitrogen functional groups attached to an aromatic ring is 1. The first-order valence-corrected chi connectivity index (χ1v) is 6.37. The molecule has 0 radical (unpaired) electrons. The molecule has 5 nitrogen and oxygen atoms in total. The second kappa shape index (κ2) is 6.43. The van der Waals surface area contributed by atoms with Crippen LogP contribution in [0.3, 0.4) is 0 Å². The van der Waals surface area contributed by atoms with Crippen molar-refractivity contribution in [3.8, 4) is 0 Å². The van der Waals surface area contributed by atoms with Crippen LogP contribution < -0.4 is 11.1 Å². The van der Waals surface area contributed by atoms with E-state index in [4.69, 9.17) is 5.73 Å². The smallest absolute Gasteiger partial charge is 0.253 e. The van der Waals surface area contributed by atoms with Crippen molar-refractivity contribution in [3.05, 3.63) is 23.8 Å². The van der Waals surface area contributed by atoms with Gasteiger partial charge in [-0.25, -0.2) is 0 Å². The SMILES string of the molecule is CC(O)CC(C)Nc1cc(C(=O)N(C)C)ccc1N. The van der Waals surface area contributed by atoms with Crippen molar-refractivity contribution in [2.45, 2.75) is 32.4 Å². The Morgan fingerprint density at radius 1 is 1.42 bits per heavy atom. The van der Waals surface area contributed by atoms with Crippen LogP contribution in [0, 0.1) is 0 Å². The number of rotatable bonds is 5. The summed E-state index contributed by atoms with van der Waals surface area (Å²) >= 11 is 0. The normalized spacial score (nSPS) is 13.7. The first kappa shape index (κ1) is 15.3. The Kier molecular flexibility index (Phi) is 5.18. The van der Waals surface area contributed by atoms with Gasteiger partial charge in [0, 0.05) is 25.7 Å². The van der Waals surface area contributed by atoms with E-state index >= 15 is 0 Å². The second-order valence-electron chi connectivity index (χ2n) is 5.13. The van der Waals surface area contributed by atoms with E-state index in [1.165, 1.54) is 4.90 Å². The lowest BCUT2D eigenvalue weighted by Gasteiger charge is -2.19. The lowest BCUT2D eigenvalue weighted by atomic mass is 10.1. The van der Waals surface area contributed by atoms with Crippen LogP contribution >= 0.6 is 0 Å². The fourth-order valence-corrected chi connectivity index (χ4v) is 1.91. The lowest BCUT2D eigenvalue weighted by molar-refractivity contribution is 0.0827. The maximum Gasteiger partial charge on any atom is 0.253 e. The van der Waals surface area contributed by atoms with Crippen LogP contribution in [-0.4, -0.2) is 42.2 Å². The molecule has 0 aliphatic heterocycles. The Morgan fingerprint density at radius 2 is 2.05 bits per heavy atom. The Balaban J connectivity index is 2.88. The van der Waals surface area contributed by atoms with E-state index in [0.717, 1.165) is 5.69 Å². The molecule has 2 unspecified atom stereocenters. The van der Waals surface area contributed by atoms with Crippen LogP contribution in [0.15, 0.2) is 18.2 Å². The number of hydrogen-bond donors (Lipinski definition) is 3. The molecule has 0 saturated heterocycles. The third-order valence-electron chi connectivity index (χ3n) is 2.80. The number of amides is 1. The van der Waals surface area contributed by atoms with E-state index in [0.29, 0.717) is 17.7 Å². The number of anilines is 2. The molecule has 1 rings (SSSR count). The van der Waals surface area contributed by atoms with Crippen molar-refractivity contribution in [2.24, 2.45) is 0 Å². The van der Waals surface area contributed by atoms with Gasteiger partial charge in [-0.2, -0.15) is 0 Å². The third-order valence-corrected chi connectivity index (χ3v) is 2.80. The van der Waals surface area contributed by atoms with E-state index in [1.54, 1.807) is 39.2 Å². The number of nitrogens with two attached hydrogens (primary N) is 1. The summed E-state index contributed by atoms with van der Waals surface area (Å²) in [6, 6.07) is 5.25. The molecule has 2 atom stereocenters. The minimum Gasteiger partial charge on any atom is -0.397 e. The molecule has 106 valence electrons. The fraction of sp³-hybridized carbons (Fsp3) is 0.500. The van der Waals surface area contributed by atoms with E-state index < -0.39 is 0 Å². The minimum absolute atomic E-state index is 0.0637. The number of aliphatic hydroxyl groups is 1. The quantitative estimate of drug-likeness (QED) is 0.706. The van der Waals surface area contributed by atoms with Crippen molar-refractivity contribution in [1.29, 1.82) is 0 Å². The van der Waals surface area contributed by atoms with Crippen LogP contribution in [-0.2, 0) is 0 Å². The number of hydrogen-bond acceptors (Lipinski definition) is 4. The third kappa shape index (κ3) is 4.44. The van der Waals surface area contributed by atoms with Gasteiger partial charge in [0.05, 0.1) is 17.5 Å². The molecule has 0 fully saturated rings. The predicted molar refractivity (Wildman–Crippen MR) is 78.3 cm³/mol. The van der Waals surface area contributed by atoms with E-state index in [9.17, 15) is 9.90 Å². The predicted octanol–water partition coefficient (Wildman–Crippen LogP) is 1.54. The summed E-state index contributed by atoms with van der Waals surface area (Å²) in [6.07, 6.45) is 0.237. The van der Waals surface area contributed by atoms with Crippen molar-refractivity contribution in [1.82, 2.24) is 4.90 Å². The highest BCUT2D eigenvalue weighted by molar-refractivity contribution is 5.95. The topological polar surface area (TPSA) is 78.6 Å². The molecular formula is C14H23N3O2. The number of carbonyl (C=O) groups is 1. The first-order chi connectivity index (χ1) is 8.81.